The Labute approximate surface area is 92.1 Å². The van der Waals surface area contributed by atoms with Crippen molar-refractivity contribution in [1.29, 1.82) is 0 Å². The van der Waals surface area contributed by atoms with E-state index in [2.05, 4.69) is 0 Å². The number of amides is 2. The molecule has 0 bridgehead atoms. The maximum atomic E-state index is 11.1. The van der Waals surface area contributed by atoms with Gasteiger partial charge in [0.25, 0.3) is 11.8 Å². The van der Waals surface area contributed by atoms with Gasteiger partial charge >= 0.3 is 0 Å². The second-order valence-electron chi connectivity index (χ2n) is 2.96. The molecule has 0 aliphatic rings. The normalized spacial score (nSPS) is 9.62. The van der Waals surface area contributed by atoms with Gasteiger partial charge in [0.15, 0.2) is 11.5 Å². The second kappa shape index (κ2) is 4.52. The molecule has 1 rings (SSSR count). The lowest BCUT2D eigenvalue weighted by atomic mass is 10.1. The van der Waals surface area contributed by atoms with Gasteiger partial charge in [-0.1, -0.05) is 0 Å². The van der Waals surface area contributed by atoms with E-state index >= 15 is 0 Å². The average molecular weight is 224 g/mol. The van der Waals surface area contributed by atoms with Gasteiger partial charge < -0.3 is 20.9 Å². The van der Waals surface area contributed by atoms with Crippen LogP contribution in [0.1, 0.15) is 20.7 Å². The van der Waals surface area contributed by atoms with Crippen molar-refractivity contribution < 1.29 is 19.1 Å². The summed E-state index contributed by atoms with van der Waals surface area (Å²) >= 11 is 0. The van der Waals surface area contributed by atoms with Crippen molar-refractivity contribution >= 4 is 11.8 Å². The zero-order valence-electron chi connectivity index (χ0n) is 8.94. The van der Waals surface area contributed by atoms with E-state index in [1.165, 1.54) is 26.4 Å². The third kappa shape index (κ3) is 1.90. The predicted molar refractivity (Wildman–Crippen MR) is 56.6 cm³/mol. The van der Waals surface area contributed by atoms with Gasteiger partial charge in [0, 0.05) is 0 Å². The first-order chi connectivity index (χ1) is 7.52. The van der Waals surface area contributed by atoms with E-state index in [0.717, 1.165) is 0 Å². The highest BCUT2D eigenvalue weighted by molar-refractivity contribution is 6.02. The maximum Gasteiger partial charge on any atom is 0.252 e. The van der Waals surface area contributed by atoms with Crippen molar-refractivity contribution in [2.45, 2.75) is 0 Å². The van der Waals surface area contributed by atoms with Gasteiger partial charge in [-0.15, -0.1) is 0 Å². The van der Waals surface area contributed by atoms with Crippen LogP contribution in [-0.2, 0) is 0 Å². The fraction of sp³-hybridized carbons (Fsp3) is 0.200. The maximum absolute atomic E-state index is 11.1. The number of primary amides is 2. The quantitative estimate of drug-likeness (QED) is 0.745. The highest BCUT2D eigenvalue weighted by atomic mass is 16.5. The summed E-state index contributed by atoms with van der Waals surface area (Å²) < 4.78 is 9.97. The minimum absolute atomic E-state index is 0.103. The Balaban J connectivity index is 3.52. The highest BCUT2D eigenvalue weighted by Gasteiger charge is 2.20. The van der Waals surface area contributed by atoms with Crippen LogP contribution < -0.4 is 20.9 Å². The van der Waals surface area contributed by atoms with Crippen molar-refractivity contribution in [3.63, 3.8) is 0 Å². The summed E-state index contributed by atoms with van der Waals surface area (Å²) in [6.45, 7) is 0. The molecule has 1 aromatic rings. The Hall–Kier alpha value is -2.24. The molecule has 86 valence electrons. The molecule has 0 aliphatic heterocycles. The Bertz CT molecular complexity index is 402. The van der Waals surface area contributed by atoms with Gasteiger partial charge in [-0.3, -0.25) is 9.59 Å². The number of hydrogen-bond acceptors (Lipinski definition) is 4. The van der Waals surface area contributed by atoms with Crippen LogP contribution in [0.2, 0.25) is 0 Å². The SMILES string of the molecule is COc1c(C(N)=O)ccc(C(N)=O)c1OC. The van der Waals surface area contributed by atoms with Crippen LogP contribution in [0.25, 0.3) is 0 Å². The van der Waals surface area contributed by atoms with Crippen molar-refractivity contribution in [1.82, 2.24) is 0 Å². The number of ether oxygens (including phenoxy) is 2. The Morgan fingerprint density at radius 2 is 1.25 bits per heavy atom. The standard InChI is InChI=1S/C10H12N2O4/c1-15-7-5(9(11)13)3-4-6(10(12)14)8(7)16-2/h3-4H,1-2H3,(H2,11,13)(H2,12,14). The molecular weight excluding hydrogens is 212 g/mol. The zero-order chi connectivity index (χ0) is 12.3. The van der Waals surface area contributed by atoms with Crippen molar-refractivity contribution in [3.05, 3.63) is 23.3 Å². The number of benzene rings is 1. The van der Waals surface area contributed by atoms with Crippen LogP contribution in [0.4, 0.5) is 0 Å². The van der Waals surface area contributed by atoms with Crippen LogP contribution in [0.15, 0.2) is 12.1 Å². The summed E-state index contributed by atoms with van der Waals surface area (Å²) in [5.41, 5.74) is 10.6. The lowest BCUT2D eigenvalue weighted by molar-refractivity contribution is 0.0982. The minimum Gasteiger partial charge on any atom is -0.492 e. The van der Waals surface area contributed by atoms with Crippen LogP contribution in [-0.4, -0.2) is 26.0 Å². The number of hydrogen-bond donors (Lipinski definition) is 2. The molecule has 6 nitrogen and oxygen atoms in total. The average Bonchev–Trinajstić information content (AvgIpc) is 2.26. The number of methoxy groups -OCH3 is 2. The van der Waals surface area contributed by atoms with Crippen LogP contribution in [0.3, 0.4) is 0 Å². The smallest absolute Gasteiger partial charge is 0.252 e. The lowest BCUT2D eigenvalue weighted by Crippen LogP contribution is -2.17. The molecule has 0 heterocycles. The van der Waals surface area contributed by atoms with E-state index < -0.39 is 11.8 Å². The summed E-state index contributed by atoms with van der Waals surface area (Å²) in [7, 11) is 2.68. The molecule has 16 heavy (non-hydrogen) atoms. The van der Waals surface area contributed by atoms with Gasteiger partial charge in [-0.2, -0.15) is 0 Å². The number of rotatable bonds is 4. The number of nitrogens with two attached hydrogens (primary N) is 2. The van der Waals surface area contributed by atoms with Gasteiger partial charge in [0.2, 0.25) is 0 Å². The first kappa shape index (κ1) is 11.8. The Morgan fingerprint density at radius 1 is 0.938 bits per heavy atom. The van der Waals surface area contributed by atoms with Crippen molar-refractivity contribution in [2.24, 2.45) is 11.5 Å². The molecule has 0 spiro atoms. The van der Waals surface area contributed by atoms with Gasteiger partial charge in [0.05, 0.1) is 25.3 Å². The molecule has 0 saturated carbocycles. The highest BCUT2D eigenvalue weighted by Crippen LogP contribution is 2.34. The third-order valence-corrected chi connectivity index (χ3v) is 2.05. The van der Waals surface area contributed by atoms with Crippen LogP contribution in [0, 0.1) is 0 Å². The first-order valence-corrected chi connectivity index (χ1v) is 4.37. The second-order valence-corrected chi connectivity index (χ2v) is 2.96. The molecule has 2 amide bonds. The van der Waals surface area contributed by atoms with Gasteiger partial charge in [0.1, 0.15) is 0 Å². The lowest BCUT2D eigenvalue weighted by Gasteiger charge is -2.13. The van der Waals surface area contributed by atoms with Crippen LogP contribution >= 0.6 is 0 Å². The fourth-order valence-electron chi connectivity index (χ4n) is 1.36. The van der Waals surface area contributed by atoms with E-state index in [0.29, 0.717) is 0 Å². The molecule has 0 aromatic heterocycles. The molecule has 0 saturated heterocycles. The monoisotopic (exact) mass is 224 g/mol. The zero-order valence-corrected chi connectivity index (χ0v) is 8.94. The van der Waals surface area contributed by atoms with Crippen LogP contribution in [0.5, 0.6) is 11.5 Å². The summed E-state index contributed by atoms with van der Waals surface area (Å²) in [5.74, 6) is -1.14. The number of carbonyl (C=O) groups excluding carboxylic acids is 2. The van der Waals surface area contributed by atoms with E-state index in [-0.39, 0.29) is 22.6 Å². The minimum atomic E-state index is -0.675. The molecule has 4 N–H and O–H groups in total. The van der Waals surface area contributed by atoms with E-state index in [1.54, 1.807) is 0 Å². The molecule has 0 atom stereocenters. The van der Waals surface area contributed by atoms with E-state index in [9.17, 15) is 9.59 Å². The summed E-state index contributed by atoms with van der Waals surface area (Å²) in [6.07, 6.45) is 0. The van der Waals surface area contributed by atoms with Gasteiger partial charge in [-0.25, -0.2) is 0 Å². The molecule has 1 aromatic carbocycles. The molecule has 0 fully saturated rings. The Morgan fingerprint density at radius 3 is 1.44 bits per heavy atom. The molecule has 0 radical (unpaired) electrons. The molecule has 0 aliphatic carbocycles. The van der Waals surface area contributed by atoms with Gasteiger partial charge in [-0.05, 0) is 12.1 Å². The number of carbonyl (C=O) groups is 2. The molecular formula is C10H12N2O4. The van der Waals surface area contributed by atoms with E-state index in [4.69, 9.17) is 20.9 Å². The Kier molecular flexibility index (Phi) is 3.34. The molecule has 0 unspecified atom stereocenters. The summed E-state index contributed by atoms with van der Waals surface area (Å²) in [4.78, 5) is 22.2. The molecule has 6 heteroatoms. The topological polar surface area (TPSA) is 105 Å². The van der Waals surface area contributed by atoms with E-state index in [1.807, 2.05) is 0 Å². The first-order valence-electron chi connectivity index (χ1n) is 4.37. The third-order valence-electron chi connectivity index (χ3n) is 2.05. The largest absolute Gasteiger partial charge is 0.492 e. The predicted octanol–water partition coefficient (Wildman–Crippen LogP) is -0.0984. The fourth-order valence-corrected chi connectivity index (χ4v) is 1.36. The summed E-state index contributed by atoms with van der Waals surface area (Å²) in [6, 6.07) is 2.73. The summed E-state index contributed by atoms with van der Waals surface area (Å²) in [5, 5.41) is 0. The van der Waals surface area contributed by atoms with Crippen molar-refractivity contribution in [3.8, 4) is 11.5 Å². The van der Waals surface area contributed by atoms with Crippen molar-refractivity contribution in [2.75, 3.05) is 14.2 Å².